The van der Waals surface area contributed by atoms with E-state index in [1.165, 1.54) is 12.1 Å². The molecule has 0 saturated carbocycles. The van der Waals surface area contributed by atoms with E-state index in [9.17, 15) is 9.18 Å². The van der Waals surface area contributed by atoms with E-state index in [2.05, 4.69) is 15.5 Å². The number of carbonyl (C=O) groups is 1. The summed E-state index contributed by atoms with van der Waals surface area (Å²) in [5, 5.41) is 11.0. The van der Waals surface area contributed by atoms with Gasteiger partial charge in [0.25, 0.3) is 5.91 Å². The Morgan fingerprint density at radius 3 is 2.30 bits per heavy atom. The van der Waals surface area contributed by atoms with Crippen molar-refractivity contribution in [2.45, 2.75) is 6.42 Å². The number of halogens is 2. The number of H-pyrrole nitrogens is 1. The monoisotopic (exact) mass is 419 g/mol. The summed E-state index contributed by atoms with van der Waals surface area (Å²) in [6, 6.07) is 23.1. The molecule has 6 heteroatoms. The van der Waals surface area contributed by atoms with E-state index >= 15 is 0 Å². The molecule has 1 aromatic heterocycles. The second-order valence-electron chi connectivity index (χ2n) is 6.88. The fraction of sp³-hybridized carbons (Fsp3) is 0.0833. The summed E-state index contributed by atoms with van der Waals surface area (Å²) in [7, 11) is 0. The quantitative estimate of drug-likeness (QED) is 0.433. The number of carbonyl (C=O) groups excluding carboxylic acids is 1. The number of rotatable bonds is 6. The third-order valence-corrected chi connectivity index (χ3v) is 5.04. The fourth-order valence-corrected chi connectivity index (χ4v) is 3.24. The van der Waals surface area contributed by atoms with Crippen molar-refractivity contribution in [2.24, 2.45) is 0 Å². The van der Waals surface area contributed by atoms with Crippen LogP contribution in [0.15, 0.2) is 78.9 Å². The van der Waals surface area contributed by atoms with E-state index in [4.69, 9.17) is 11.6 Å². The molecule has 0 radical (unpaired) electrons. The Hall–Kier alpha value is -3.44. The second-order valence-corrected chi connectivity index (χ2v) is 7.32. The lowest BCUT2D eigenvalue weighted by Crippen LogP contribution is -2.25. The van der Waals surface area contributed by atoms with E-state index in [0.29, 0.717) is 23.6 Å². The van der Waals surface area contributed by atoms with Crippen molar-refractivity contribution in [3.63, 3.8) is 0 Å². The molecular formula is C24H19ClFN3O. The van der Waals surface area contributed by atoms with Crippen molar-refractivity contribution in [2.75, 3.05) is 6.54 Å². The van der Waals surface area contributed by atoms with Crippen molar-refractivity contribution in [3.05, 3.63) is 101 Å². The van der Waals surface area contributed by atoms with E-state index in [-0.39, 0.29) is 11.7 Å². The lowest BCUT2D eigenvalue weighted by Gasteiger charge is -2.06. The maximum atomic E-state index is 12.9. The molecule has 0 spiro atoms. The van der Waals surface area contributed by atoms with Crippen LogP contribution in [0.5, 0.6) is 0 Å². The van der Waals surface area contributed by atoms with Gasteiger partial charge in [0, 0.05) is 22.7 Å². The fourth-order valence-electron chi connectivity index (χ4n) is 3.11. The summed E-state index contributed by atoms with van der Waals surface area (Å²) in [5.74, 6) is -0.410. The molecule has 3 aromatic carbocycles. The van der Waals surface area contributed by atoms with Crippen LogP contribution in [0.1, 0.15) is 15.9 Å². The second kappa shape index (κ2) is 8.93. The van der Waals surface area contributed by atoms with Gasteiger partial charge in [0.2, 0.25) is 0 Å². The summed E-state index contributed by atoms with van der Waals surface area (Å²) < 4.78 is 12.9. The van der Waals surface area contributed by atoms with Crippen molar-refractivity contribution >= 4 is 17.5 Å². The Labute approximate surface area is 178 Å². The maximum absolute atomic E-state index is 12.9. The van der Waals surface area contributed by atoms with Crippen LogP contribution in [0.4, 0.5) is 4.39 Å². The van der Waals surface area contributed by atoms with Crippen LogP contribution < -0.4 is 5.32 Å². The molecule has 0 bridgehead atoms. The molecule has 4 nitrogen and oxygen atoms in total. The summed E-state index contributed by atoms with van der Waals surface area (Å²) >= 11 is 5.94. The summed E-state index contributed by atoms with van der Waals surface area (Å²) in [4.78, 5) is 12.3. The minimum absolute atomic E-state index is 0.146. The molecule has 0 aliphatic carbocycles. The van der Waals surface area contributed by atoms with Crippen LogP contribution >= 0.6 is 11.6 Å². The van der Waals surface area contributed by atoms with Crippen LogP contribution in [0.25, 0.3) is 22.5 Å². The maximum Gasteiger partial charge on any atom is 0.251 e. The standard InChI is InChI=1S/C24H19ClFN3O/c25-20-9-7-18(8-10-20)23-15-22(28-29-23)17-3-5-19(6-4-17)24(30)27-14-13-16-1-11-21(26)12-2-16/h1-12,15H,13-14H2,(H,27,30)(H,28,29). The average molecular weight is 420 g/mol. The van der Waals surface area contributed by atoms with Gasteiger partial charge in [0.15, 0.2) is 0 Å². The first-order valence-corrected chi connectivity index (χ1v) is 9.91. The highest BCUT2D eigenvalue weighted by atomic mass is 35.5. The van der Waals surface area contributed by atoms with E-state index < -0.39 is 0 Å². The highest BCUT2D eigenvalue weighted by Crippen LogP contribution is 2.25. The Morgan fingerprint density at radius 2 is 1.60 bits per heavy atom. The lowest BCUT2D eigenvalue weighted by atomic mass is 10.1. The van der Waals surface area contributed by atoms with Gasteiger partial charge in [0.1, 0.15) is 5.82 Å². The number of hydrogen-bond donors (Lipinski definition) is 2. The minimum atomic E-state index is -0.264. The first kappa shape index (κ1) is 19.9. The highest BCUT2D eigenvalue weighted by molar-refractivity contribution is 6.30. The molecular weight excluding hydrogens is 401 g/mol. The van der Waals surface area contributed by atoms with Crippen molar-refractivity contribution in [3.8, 4) is 22.5 Å². The normalized spacial score (nSPS) is 10.7. The first-order chi connectivity index (χ1) is 14.6. The summed E-state index contributed by atoms with van der Waals surface area (Å²) in [6.07, 6.45) is 0.644. The number of nitrogens with one attached hydrogen (secondary N) is 2. The number of aromatic amines is 1. The number of amides is 1. The zero-order valence-corrected chi connectivity index (χ0v) is 16.8. The van der Waals surface area contributed by atoms with Gasteiger partial charge < -0.3 is 5.32 Å². The van der Waals surface area contributed by atoms with Crippen LogP contribution in [0, 0.1) is 5.82 Å². The molecule has 150 valence electrons. The Morgan fingerprint density at radius 1 is 0.933 bits per heavy atom. The molecule has 0 saturated heterocycles. The Kier molecular flexibility index (Phi) is 5.91. The predicted molar refractivity (Wildman–Crippen MR) is 117 cm³/mol. The minimum Gasteiger partial charge on any atom is -0.352 e. The molecule has 0 aliphatic heterocycles. The predicted octanol–water partition coefficient (Wildman–Crippen LogP) is 5.51. The molecule has 0 aliphatic rings. The van der Waals surface area contributed by atoms with Crippen molar-refractivity contribution in [1.82, 2.24) is 15.5 Å². The molecule has 1 amide bonds. The van der Waals surface area contributed by atoms with Crippen molar-refractivity contribution < 1.29 is 9.18 Å². The molecule has 30 heavy (non-hydrogen) atoms. The van der Waals surface area contributed by atoms with Gasteiger partial charge in [-0.3, -0.25) is 9.89 Å². The van der Waals surface area contributed by atoms with E-state index in [0.717, 1.165) is 28.1 Å². The first-order valence-electron chi connectivity index (χ1n) is 9.53. The number of hydrogen-bond acceptors (Lipinski definition) is 2. The van der Waals surface area contributed by atoms with Gasteiger partial charge in [0.05, 0.1) is 11.4 Å². The van der Waals surface area contributed by atoms with Crippen LogP contribution in [0.3, 0.4) is 0 Å². The van der Waals surface area contributed by atoms with Crippen molar-refractivity contribution in [1.29, 1.82) is 0 Å². The summed E-state index contributed by atoms with van der Waals surface area (Å²) in [5.41, 5.74) is 5.14. The zero-order chi connectivity index (χ0) is 20.9. The van der Waals surface area contributed by atoms with E-state index in [1.807, 2.05) is 42.5 Å². The topological polar surface area (TPSA) is 57.8 Å². The van der Waals surface area contributed by atoms with Crippen LogP contribution in [-0.4, -0.2) is 22.6 Å². The van der Waals surface area contributed by atoms with Crippen LogP contribution in [-0.2, 0) is 6.42 Å². The van der Waals surface area contributed by atoms with Gasteiger partial charge in [-0.2, -0.15) is 5.10 Å². The Balaban J connectivity index is 1.37. The summed E-state index contributed by atoms with van der Waals surface area (Å²) in [6.45, 7) is 0.482. The van der Waals surface area contributed by atoms with Gasteiger partial charge >= 0.3 is 0 Å². The molecule has 0 unspecified atom stereocenters. The molecule has 4 aromatic rings. The van der Waals surface area contributed by atoms with Gasteiger partial charge in [-0.25, -0.2) is 4.39 Å². The molecule has 0 fully saturated rings. The smallest absolute Gasteiger partial charge is 0.251 e. The lowest BCUT2D eigenvalue weighted by molar-refractivity contribution is 0.0954. The number of nitrogens with zero attached hydrogens (tertiary/aromatic N) is 1. The third kappa shape index (κ3) is 4.75. The third-order valence-electron chi connectivity index (χ3n) is 4.79. The van der Waals surface area contributed by atoms with Crippen LogP contribution in [0.2, 0.25) is 5.02 Å². The number of aromatic nitrogens is 2. The molecule has 2 N–H and O–H groups in total. The van der Waals surface area contributed by atoms with Gasteiger partial charge in [-0.1, -0.05) is 48.0 Å². The average Bonchev–Trinajstić information content (AvgIpc) is 3.26. The molecule has 0 atom stereocenters. The zero-order valence-electron chi connectivity index (χ0n) is 16.0. The van der Waals surface area contributed by atoms with Gasteiger partial charge in [-0.15, -0.1) is 0 Å². The van der Waals surface area contributed by atoms with Gasteiger partial charge in [-0.05, 0) is 60.0 Å². The molecule has 1 heterocycles. The highest BCUT2D eigenvalue weighted by Gasteiger charge is 2.09. The number of benzene rings is 3. The van der Waals surface area contributed by atoms with E-state index in [1.54, 1.807) is 24.3 Å². The largest absolute Gasteiger partial charge is 0.352 e. The SMILES string of the molecule is O=C(NCCc1ccc(F)cc1)c1ccc(-c2cc(-c3ccc(Cl)cc3)[nH]n2)cc1. The Bertz CT molecular complexity index is 1140. The molecule has 4 rings (SSSR count).